The van der Waals surface area contributed by atoms with Crippen LogP contribution in [-0.4, -0.2) is 45.5 Å². The molecule has 1 fully saturated rings. The molecule has 0 saturated carbocycles. The van der Waals surface area contributed by atoms with Crippen LogP contribution in [0.4, 0.5) is 11.6 Å². The van der Waals surface area contributed by atoms with Crippen LogP contribution in [0.5, 0.6) is 0 Å². The Bertz CT molecular complexity index is 865. The molecule has 6 nitrogen and oxygen atoms in total. The summed E-state index contributed by atoms with van der Waals surface area (Å²) in [6.45, 7) is 6.52. The number of rotatable bonds is 8. The third kappa shape index (κ3) is 4.73. The second-order valence-corrected chi connectivity index (χ2v) is 7.87. The van der Waals surface area contributed by atoms with Crippen LogP contribution in [0, 0.1) is 0 Å². The first-order valence-corrected chi connectivity index (χ1v) is 10.7. The van der Waals surface area contributed by atoms with Gasteiger partial charge < -0.3 is 10.6 Å². The van der Waals surface area contributed by atoms with Gasteiger partial charge in [-0.15, -0.1) is 11.3 Å². The number of nitrogens with one attached hydrogen (secondary N) is 2. The second-order valence-electron chi connectivity index (χ2n) is 6.98. The molecule has 146 valence electrons. The van der Waals surface area contributed by atoms with Crippen molar-refractivity contribution in [3.05, 3.63) is 53.7 Å². The summed E-state index contributed by atoms with van der Waals surface area (Å²) in [5.41, 5.74) is 2.06. The van der Waals surface area contributed by atoms with E-state index in [0.29, 0.717) is 6.04 Å². The van der Waals surface area contributed by atoms with Gasteiger partial charge in [0.2, 0.25) is 0 Å². The summed E-state index contributed by atoms with van der Waals surface area (Å²) in [4.78, 5) is 16.0. The Morgan fingerprint density at radius 1 is 1.18 bits per heavy atom. The van der Waals surface area contributed by atoms with Crippen LogP contribution in [0.15, 0.2) is 48.1 Å². The molecule has 2 N–H and O–H groups in total. The number of likely N-dealkylation sites (tertiary alicyclic amines) is 1. The van der Waals surface area contributed by atoms with Crippen LogP contribution in [0.2, 0.25) is 0 Å². The zero-order chi connectivity index (χ0) is 19.2. The van der Waals surface area contributed by atoms with Gasteiger partial charge in [0.15, 0.2) is 0 Å². The van der Waals surface area contributed by atoms with Crippen molar-refractivity contribution in [3.8, 4) is 10.7 Å². The van der Waals surface area contributed by atoms with Crippen LogP contribution >= 0.6 is 11.3 Å². The van der Waals surface area contributed by atoms with Crippen molar-refractivity contribution in [3.63, 3.8) is 0 Å². The number of likely N-dealkylation sites (N-methyl/N-ethyl adjacent to an activating group) is 1. The largest absolute Gasteiger partial charge is 0.325 e. The SMILES string of the molecule is CCN1CCCC1CNCc1ccc(Nc2cccc(-c3nccs3)n2)nc1. The molecule has 4 heterocycles. The van der Waals surface area contributed by atoms with Crippen LogP contribution in [0.1, 0.15) is 25.3 Å². The van der Waals surface area contributed by atoms with Gasteiger partial charge in [-0.25, -0.2) is 15.0 Å². The molecule has 0 radical (unpaired) electrons. The lowest BCUT2D eigenvalue weighted by atomic mass is 10.2. The molecule has 3 aromatic rings. The van der Waals surface area contributed by atoms with Gasteiger partial charge in [-0.2, -0.15) is 0 Å². The number of aromatic nitrogens is 3. The Kier molecular flexibility index (Phi) is 6.26. The minimum Gasteiger partial charge on any atom is -0.325 e. The lowest BCUT2D eigenvalue weighted by Crippen LogP contribution is -2.37. The number of pyridine rings is 2. The van der Waals surface area contributed by atoms with Crippen LogP contribution in [-0.2, 0) is 6.54 Å². The highest BCUT2D eigenvalue weighted by Gasteiger charge is 2.21. The summed E-state index contributed by atoms with van der Waals surface area (Å²) in [7, 11) is 0. The zero-order valence-corrected chi connectivity index (χ0v) is 17.0. The van der Waals surface area contributed by atoms with Gasteiger partial charge >= 0.3 is 0 Å². The number of hydrogen-bond donors (Lipinski definition) is 2. The van der Waals surface area contributed by atoms with Crippen molar-refractivity contribution in [2.24, 2.45) is 0 Å². The summed E-state index contributed by atoms with van der Waals surface area (Å²) < 4.78 is 0. The van der Waals surface area contributed by atoms with Gasteiger partial charge in [0.05, 0.1) is 0 Å². The molecule has 0 aromatic carbocycles. The first-order valence-electron chi connectivity index (χ1n) is 9.85. The molecule has 0 aliphatic carbocycles. The molecule has 4 rings (SSSR count). The third-order valence-electron chi connectivity index (χ3n) is 5.10. The maximum Gasteiger partial charge on any atom is 0.141 e. The minimum absolute atomic E-state index is 0.676. The van der Waals surface area contributed by atoms with Crippen molar-refractivity contribution in [1.82, 2.24) is 25.2 Å². The molecule has 0 spiro atoms. The fraction of sp³-hybridized carbons (Fsp3) is 0.381. The van der Waals surface area contributed by atoms with E-state index in [4.69, 9.17) is 0 Å². The second kappa shape index (κ2) is 9.23. The topological polar surface area (TPSA) is 66.0 Å². The average Bonchev–Trinajstić information content (AvgIpc) is 3.41. The minimum atomic E-state index is 0.676. The van der Waals surface area contributed by atoms with Gasteiger partial charge in [0.25, 0.3) is 0 Å². The Balaban J connectivity index is 1.31. The Labute approximate surface area is 170 Å². The summed E-state index contributed by atoms with van der Waals surface area (Å²) in [6.07, 6.45) is 6.34. The first kappa shape index (κ1) is 19.0. The Morgan fingerprint density at radius 2 is 2.14 bits per heavy atom. The van der Waals surface area contributed by atoms with Crippen molar-refractivity contribution < 1.29 is 0 Å². The fourth-order valence-corrected chi connectivity index (χ4v) is 4.24. The summed E-state index contributed by atoms with van der Waals surface area (Å²) in [5, 5.41) is 9.73. The van der Waals surface area contributed by atoms with Gasteiger partial charge in [0, 0.05) is 36.9 Å². The Morgan fingerprint density at radius 3 is 2.93 bits per heavy atom. The summed E-state index contributed by atoms with van der Waals surface area (Å²) in [6, 6.07) is 10.7. The molecule has 1 aliphatic rings. The molecule has 1 saturated heterocycles. The average molecular weight is 395 g/mol. The van der Waals surface area contributed by atoms with E-state index in [1.165, 1.54) is 24.9 Å². The molecule has 7 heteroatoms. The number of anilines is 2. The number of nitrogens with zero attached hydrogens (tertiary/aromatic N) is 4. The first-order chi connectivity index (χ1) is 13.8. The predicted molar refractivity (Wildman–Crippen MR) is 115 cm³/mol. The van der Waals surface area contributed by atoms with Crippen LogP contribution < -0.4 is 10.6 Å². The molecule has 1 unspecified atom stereocenters. The highest BCUT2D eigenvalue weighted by molar-refractivity contribution is 7.13. The molecule has 3 aromatic heterocycles. The van der Waals surface area contributed by atoms with Gasteiger partial charge in [-0.3, -0.25) is 4.90 Å². The molecular formula is C21H26N6S. The standard InChI is InChI=1S/C21H26N6S/c1-2-27-11-4-5-17(27)15-22-13-16-8-9-19(24-14-16)26-20-7-3-6-18(25-20)21-23-10-12-28-21/h3,6-10,12,14,17,22H,2,4-5,11,13,15H2,1H3,(H,24,25,26). The number of thiazole rings is 1. The van der Waals surface area contributed by atoms with Crippen molar-refractivity contribution in [1.29, 1.82) is 0 Å². The lowest BCUT2D eigenvalue weighted by Gasteiger charge is -2.22. The number of hydrogen-bond acceptors (Lipinski definition) is 7. The molecule has 1 atom stereocenters. The monoisotopic (exact) mass is 394 g/mol. The van der Waals surface area contributed by atoms with E-state index in [1.54, 1.807) is 17.5 Å². The molecule has 1 aliphatic heterocycles. The Hall–Kier alpha value is -2.35. The van der Waals surface area contributed by atoms with Crippen LogP contribution in [0.25, 0.3) is 10.7 Å². The lowest BCUT2D eigenvalue weighted by molar-refractivity contribution is 0.260. The van der Waals surface area contributed by atoms with E-state index in [-0.39, 0.29) is 0 Å². The van der Waals surface area contributed by atoms with E-state index >= 15 is 0 Å². The molecule has 28 heavy (non-hydrogen) atoms. The van der Waals surface area contributed by atoms with E-state index in [1.807, 2.05) is 35.8 Å². The van der Waals surface area contributed by atoms with E-state index in [0.717, 1.165) is 42.0 Å². The summed E-state index contributed by atoms with van der Waals surface area (Å²) >= 11 is 1.58. The van der Waals surface area contributed by atoms with E-state index in [9.17, 15) is 0 Å². The quantitative estimate of drug-likeness (QED) is 0.604. The maximum absolute atomic E-state index is 4.62. The normalized spacial score (nSPS) is 17.1. The molecular weight excluding hydrogens is 368 g/mol. The van der Waals surface area contributed by atoms with Crippen LogP contribution in [0.3, 0.4) is 0 Å². The fourth-order valence-electron chi connectivity index (χ4n) is 3.63. The van der Waals surface area contributed by atoms with Gasteiger partial charge in [-0.05, 0) is 49.7 Å². The molecule has 0 bridgehead atoms. The highest BCUT2D eigenvalue weighted by Crippen LogP contribution is 2.22. The van der Waals surface area contributed by atoms with Gasteiger partial charge in [0.1, 0.15) is 22.3 Å². The predicted octanol–water partition coefficient (Wildman–Crippen LogP) is 3.92. The third-order valence-corrected chi connectivity index (χ3v) is 5.89. The van der Waals surface area contributed by atoms with Gasteiger partial charge in [-0.1, -0.05) is 19.1 Å². The van der Waals surface area contributed by atoms with E-state index in [2.05, 4.69) is 43.5 Å². The smallest absolute Gasteiger partial charge is 0.141 e. The highest BCUT2D eigenvalue weighted by atomic mass is 32.1. The summed E-state index contributed by atoms with van der Waals surface area (Å²) in [5.74, 6) is 1.56. The van der Waals surface area contributed by atoms with E-state index < -0.39 is 0 Å². The molecule has 0 amide bonds. The maximum atomic E-state index is 4.62. The zero-order valence-electron chi connectivity index (χ0n) is 16.1. The van der Waals surface area contributed by atoms with Crippen molar-refractivity contribution in [2.75, 3.05) is 25.0 Å². The van der Waals surface area contributed by atoms with Crippen molar-refractivity contribution >= 4 is 23.0 Å². The van der Waals surface area contributed by atoms with Crippen molar-refractivity contribution in [2.45, 2.75) is 32.4 Å².